The Balaban J connectivity index is 2.65. The van der Waals surface area contributed by atoms with Crippen LogP contribution in [0.25, 0.3) is 0 Å². The van der Waals surface area contributed by atoms with Crippen LogP contribution >= 0.6 is 15.9 Å². The molecule has 5 heteroatoms. The Kier molecular flexibility index (Phi) is 2.44. The lowest BCUT2D eigenvalue weighted by Gasteiger charge is -2.13. The molecule has 82 valence electrons. The van der Waals surface area contributed by atoms with Crippen LogP contribution in [-0.4, -0.2) is 8.42 Å². The summed E-state index contributed by atoms with van der Waals surface area (Å²) in [6, 6.07) is 5.13. The number of sulfonamides is 1. The van der Waals surface area contributed by atoms with Crippen LogP contribution in [0.2, 0.25) is 0 Å². The molecule has 15 heavy (non-hydrogen) atoms. The minimum Gasteiger partial charge on any atom is -0.225 e. The van der Waals surface area contributed by atoms with Crippen LogP contribution < -0.4 is 5.14 Å². The average Bonchev–Trinajstić information content (AvgIpc) is 2.83. The zero-order chi connectivity index (χ0) is 11.3. The summed E-state index contributed by atoms with van der Waals surface area (Å²) in [4.78, 5) is 0.255. The average molecular weight is 290 g/mol. The van der Waals surface area contributed by atoms with Gasteiger partial charge in [0, 0.05) is 4.47 Å². The van der Waals surface area contributed by atoms with Crippen LogP contribution in [-0.2, 0) is 15.4 Å². The Morgan fingerprint density at radius 2 is 2.00 bits per heavy atom. The lowest BCUT2D eigenvalue weighted by Crippen LogP contribution is -2.17. The molecule has 2 rings (SSSR count). The smallest absolute Gasteiger partial charge is 0.225 e. The predicted octanol–water partition coefficient (Wildman–Crippen LogP) is 2.15. The topological polar surface area (TPSA) is 60.2 Å². The van der Waals surface area contributed by atoms with E-state index in [2.05, 4.69) is 22.9 Å². The van der Waals surface area contributed by atoms with Crippen molar-refractivity contribution in [3.05, 3.63) is 28.2 Å². The van der Waals surface area contributed by atoms with E-state index >= 15 is 0 Å². The maximum absolute atomic E-state index is 11.4. The molecule has 1 aromatic rings. The van der Waals surface area contributed by atoms with Gasteiger partial charge in [0.2, 0.25) is 10.0 Å². The van der Waals surface area contributed by atoms with Crippen LogP contribution in [0.3, 0.4) is 0 Å². The molecule has 0 amide bonds. The standard InChI is InChI=1S/C10H12BrNO2S/c1-10(4-5-10)8-6-7(11)2-3-9(8)15(12,13)14/h2-3,6H,4-5H2,1H3,(H2,12,13,14). The number of benzene rings is 1. The number of hydrogen-bond donors (Lipinski definition) is 1. The summed E-state index contributed by atoms with van der Waals surface area (Å²) in [7, 11) is -3.61. The van der Waals surface area contributed by atoms with Gasteiger partial charge in [-0.05, 0) is 42.0 Å². The van der Waals surface area contributed by atoms with Crippen LogP contribution in [0.5, 0.6) is 0 Å². The first-order valence-corrected chi connectivity index (χ1v) is 7.00. The molecule has 0 heterocycles. The van der Waals surface area contributed by atoms with Gasteiger partial charge in [0.05, 0.1) is 4.90 Å². The first-order chi connectivity index (χ1) is 6.83. The minimum atomic E-state index is -3.61. The highest BCUT2D eigenvalue weighted by Crippen LogP contribution is 2.49. The van der Waals surface area contributed by atoms with Crippen LogP contribution in [0, 0.1) is 0 Å². The minimum absolute atomic E-state index is 0.00838. The highest BCUT2D eigenvalue weighted by molar-refractivity contribution is 9.10. The van der Waals surface area contributed by atoms with Crippen molar-refractivity contribution in [2.75, 3.05) is 0 Å². The second kappa shape index (κ2) is 3.30. The van der Waals surface area contributed by atoms with Crippen molar-refractivity contribution in [3.8, 4) is 0 Å². The molecule has 0 spiro atoms. The molecule has 0 aromatic heterocycles. The summed E-state index contributed by atoms with van der Waals surface area (Å²) in [6.07, 6.45) is 2.04. The first kappa shape index (κ1) is 11.1. The molecule has 0 aliphatic heterocycles. The third kappa shape index (κ3) is 2.09. The maximum atomic E-state index is 11.4. The van der Waals surface area contributed by atoms with E-state index in [9.17, 15) is 8.42 Å². The summed E-state index contributed by atoms with van der Waals surface area (Å²) >= 11 is 3.35. The Hall–Kier alpha value is -0.390. The zero-order valence-corrected chi connectivity index (χ0v) is 10.7. The Morgan fingerprint density at radius 3 is 2.47 bits per heavy atom. The van der Waals surface area contributed by atoms with Crippen molar-refractivity contribution in [2.24, 2.45) is 5.14 Å². The van der Waals surface area contributed by atoms with E-state index in [1.165, 1.54) is 0 Å². The predicted molar refractivity (Wildman–Crippen MR) is 62.1 cm³/mol. The quantitative estimate of drug-likeness (QED) is 0.907. The molecule has 1 aromatic carbocycles. The fraction of sp³-hybridized carbons (Fsp3) is 0.400. The monoisotopic (exact) mass is 289 g/mol. The Morgan fingerprint density at radius 1 is 1.40 bits per heavy atom. The van der Waals surface area contributed by atoms with E-state index in [1.807, 2.05) is 6.07 Å². The summed E-state index contributed by atoms with van der Waals surface area (Å²) in [5, 5.41) is 5.19. The largest absolute Gasteiger partial charge is 0.238 e. The second-order valence-corrected chi connectivity index (χ2v) is 6.69. The number of halogens is 1. The fourth-order valence-corrected chi connectivity index (χ4v) is 2.91. The fourth-order valence-electron chi connectivity index (χ4n) is 1.68. The van der Waals surface area contributed by atoms with Gasteiger partial charge in [-0.25, -0.2) is 13.6 Å². The van der Waals surface area contributed by atoms with Crippen molar-refractivity contribution in [2.45, 2.75) is 30.1 Å². The second-order valence-electron chi connectivity index (χ2n) is 4.25. The van der Waals surface area contributed by atoms with E-state index in [0.717, 1.165) is 22.9 Å². The van der Waals surface area contributed by atoms with Crippen molar-refractivity contribution >= 4 is 26.0 Å². The van der Waals surface area contributed by atoms with E-state index in [0.29, 0.717) is 0 Å². The number of hydrogen-bond acceptors (Lipinski definition) is 2. The summed E-state index contributed by atoms with van der Waals surface area (Å²) < 4.78 is 23.7. The van der Waals surface area contributed by atoms with Gasteiger partial charge in [-0.3, -0.25) is 0 Å². The van der Waals surface area contributed by atoms with E-state index in [-0.39, 0.29) is 10.3 Å². The SMILES string of the molecule is CC1(c2cc(Br)ccc2S(N)(=O)=O)CC1. The molecule has 1 saturated carbocycles. The van der Waals surface area contributed by atoms with Gasteiger partial charge in [0.25, 0.3) is 0 Å². The summed E-state index contributed by atoms with van der Waals surface area (Å²) in [5.41, 5.74) is 0.824. The number of primary sulfonamides is 1. The molecule has 3 nitrogen and oxygen atoms in total. The molecule has 2 N–H and O–H groups in total. The highest BCUT2D eigenvalue weighted by Gasteiger charge is 2.42. The van der Waals surface area contributed by atoms with Crippen molar-refractivity contribution in [3.63, 3.8) is 0 Å². The lowest BCUT2D eigenvalue weighted by atomic mass is 9.99. The van der Waals surface area contributed by atoms with E-state index in [4.69, 9.17) is 5.14 Å². The van der Waals surface area contributed by atoms with Crippen molar-refractivity contribution < 1.29 is 8.42 Å². The Labute approximate surface area is 97.9 Å². The molecule has 0 atom stereocenters. The molecule has 1 fully saturated rings. The molecule has 0 saturated heterocycles. The van der Waals surface area contributed by atoms with Gasteiger partial charge in [0.1, 0.15) is 0 Å². The van der Waals surface area contributed by atoms with Crippen LogP contribution in [0.15, 0.2) is 27.6 Å². The van der Waals surface area contributed by atoms with Crippen molar-refractivity contribution in [1.29, 1.82) is 0 Å². The number of nitrogens with two attached hydrogens (primary N) is 1. The molecular weight excluding hydrogens is 278 g/mol. The number of rotatable bonds is 2. The van der Waals surface area contributed by atoms with Gasteiger partial charge in [-0.15, -0.1) is 0 Å². The molecular formula is C10H12BrNO2S. The van der Waals surface area contributed by atoms with Gasteiger partial charge < -0.3 is 0 Å². The lowest BCUT2D eigenvalue weighted by molar-refractivity contribution is 0.594. The maximum Gasteiger partial charge on any atom is 0.238 e. The third-order valence-corrected chi connectivity index (χ3v) is 4.36. The highest BCUT2D eigenvalue weighted by atomic mass is 79.9. The summed E-state index contributed by atoms with van der Waals surface area (Å²) in [5.74, 6) is 0. The van der Waals surface area contributed by atoms with Crippen LogP contribution in [0.4, 0.5) is 0 Å². The Bertz CT molecular complexity index is 506. The molecule has 1 aliphatic rings. The first-order valence-electron chi connectivity index (χ1n) is 4.66. The summed E-state index contributed by atoms with van der Waals surface area (Å²) in [6.45, 7) is 2.06. The molecule has 0 unspecified atom stereocenters. The molecule has 1 aliphatic carbocycles. The van der Waals surface area contributed by atoms with E-state index < -0.39 is 10.0 Å². The van der Waals surface area contributed by atoms with Gasteiger partial charge in [-0.1, -0.05) is 22.9 Å². The zero-order valence-electron chi connectivity index (χ0n) is 8.33. The molecule has 0 radical (unpaired) electrons. The molecule has 0 bridgehead atoms. The van der Waals surface area contributed by atoms with Crippen molar-refractivity contribution in [1.82, 2.24) is 0 Å². The van der Waals surface area contributed by atoms with Gasteiger partial charge >= 0.3 is 0 Å². The van der Waals surface area contributed by atoms with E-state index in [1.54, 1.807) is 12.1 Å². The third-order valence-electron chi connectivity index (χ3n) is 2.90. The van der Waals surface area contributed by atoms with Crippen LogP contribution in [0.1, 0.15) is 25.3 Å². The normalized spacial score (nSPS) is 18.9. The van der Waals surface area contributed by atoms with Gasteiger partial charge in [-0.2, -0.15) is 0 Å². The van der Waals surface area contributed by atoms with Gasteiger partial charge in [0.15, 0.2) is 0 Å².